The number of rotatable bonds is 3. The minimum Gasteiger partial charge on any atom is -0.364 e. The molecule has 0 fully saturated rings. The van der Waals surface area contributed by atoms with E-state index in [9.17, 15) is 0 Å². The molecule has 1 aromatic heterocycles. The molecule has 0 spiro atoms. The maximum Gasteiger partial charge on any atom is 0.151 e. The molecule has 1 aromatic carbocycles. The Morgan fingerprint density at radius 1 is 1.21 bits per heavy atom. The molecule has 1 aliphatic rings. The lowest BCUT2D eigenvalue weighted by Crippen LogP contribution is -2.25. The van der Waals surface area contributed by atoms with Gasteiger partial charge in [-0.25, -0.2) is 0 Å². The van der Waals surface area contributed by atoms with Crippen molar-refractivity contribution in [2.45, 2.75) is 19.5 Å². The van der Waals surface area contributed by atoms with E-state index in [1.807, 2.05) is 6.07 Å². The highest BCUT2D eigenvalue weighted by molar-refractivity contribution is 6.29. The molecular weight excluding hydrogens is 260 g/mol. The zero-order chi connectivity index (χ0) is 13.1. The van der Waals surface area contributed by atoms with Gasteiger partial charge < -0.3 is 10.6 Å². The highest BCUT2D eigenvalue weighted by Crippen LogP contribution is 2.19. The van der Waals surface area contributed by atoms with Gasteiger partial charge in [0.25, 0.3) is 0 Å². The van der Waals surface area contributed by atoms with Gasteiger partial charge in [0.1, 0.15) is 5.82 Å². The number of anilines is 1. The molecule has 0 unspecified atom stereocenters. The zero-order valence-electron chi connectivity index (χ0n) is 10.5. The van der Waals surface area contributed by atoms with E-state index in [4.69, 9.17) is 11.6 Å². The number of aromatic nitrogens is 2. The summed E-state index contributed by atoms with van der Waals surface area (Å²) in [4.78, 5) is 0. The Labute approximate surface area is 117 Å². The molecule has 0 amide bonds. The van der Waals surface area contributed by atoms with Crippen molar-refractivity contribution in [2.75, 3.05) is 11.9 Å². The van der Waals surface area contributed by atoms with E-state index in [0.29, 0.717) is 5.15 Å². The fraction of sp³-hybridized carbons (Fsp3) is 0.286. The van der Waals surface area contributed by atoms with Crippen molar-refractivity contribution < 1.29 is 0 Å². The predicted octanol–water partition coefficient (Wildman–Crippen LogP) is 2.39. The lowest BCUT2D eigenvalue weighted by molar-refractivity contribution is 0.639. The smallest absolute Gasteiger partial charge is 0.151 e. The summed E-state index contributed by atoms with van der Waals surface area (Å²) < 4.78 is 0. The average Bonchev–Trinajstić information content (AvgIpc) is 2.47. The number of benzene rings is 1. The van der Waals surface area contributed by atoms with Gasteiger partial charge in [-0.1, -0.05) is 29.8 Å². The molecule has 2 heterocycles. The van der Waals surface area contributed by atoms with Gasteiger partial charge in [0, 0.05) is 13.1 Å². The number of halogens is 1. The first-order valence-corrected chi connectivity index (χ1v) is 6.74. The Morgan fingerprint density at radius 3 is 3.00 bits per heavy atom. The summed E-state index contributed by atoms with van der Waals surface area (Å²) in [5.74, 6) is 0.746. The van der Waals surface area contributed by atoms with E-state index in [2.05, 4.69) is 39.0 Å². The molecule has 2 N–H and O–H groups in total. The summed E-state index contributed by atoms with van der Waals surface area (Å²) >= 11 is 5.72. The Hall–Kier alpha value is -1.65. The van der Waals surface area contributed by atoms with E-state index in [-0.39, 0.29) is 0 Å². The van der Waals surface area contributed by atoms with Crippen molar-refractivity contribution in [3.63, 3.8) is 0 Å². The predicted molar refractivity (Wildman–Crippen MR) is 76.2 cm³/mol. The van der Waals surface area contributed by atoms with Crippen LogP contribution in [0.4, 0.5) is 5.82 Å². The van der Waals surface area contributed by atoms with Crippen LogP contribution in [0, 0.1) is 0 Å². The summed E-state index contributed by atoms with van der Waals surface area (Å²) in [6.45, 7) is 2.77. The van der Waals surface area contributed by atoms with Crippen molar-refractivity contribution in [2.24, 2.45) is 0 Å². The van der Waals surface area contributed by atoms with Crippen LogP contribution in [0.1, 0.15) is 16.7 Å². The highest BCUT2D eigenvalue weighted by Gasteiger charge is 2.12. The van der Waals surface area contributed by atoms with Crippen LogP contribution < -0.4 is 10.6 Å². The first-order chi connectivity index (χ1) is 9.33. The molecule has 0 radical (unpaired) electrons. The lowest BCUT2D eigenvalue weighted by atomic mass is 9.95. The third kappa shape index (κ3) is 2.85. The van der Waals surface area contributed by atoms with Crippen LogP contribution in [0.25, 0.3) is 0 Å². The molecule has 1 aliphatic heterocycles. The van der Waals surface area contributed by atoms with E-state index in [1.54, 1.807) is 6.07 Å². The standard InChI is InChI=1S/C14H15ClN4/c15-13-4-5-14(19-18-13)17-9-11-3-1-2-10-8-16-7-6-12(10)11/h1-5,16H,6-9H2,(H,17,19). The SMILES string of the molecule is Clc1ccc(NCc2cccc3c2CCNC3)nn1. The molecule has 3 rings (SSSR count). The third-order valence-corrected chi connectivity index (χ3v) is 3.53. The molecule has 4 nitrogen and oxygen atoms in total. The van der Waals surface area contributed by atoms with E-state index in [0.717, 1.165) is 31.9 Å². The highest BCUT2D eigenvalue weighted by atomic mass is 35.5. The van der Waals surface area contributed by atoms with Crippen molar-refractivity contribution >= 4 is 17.4 Å². The van der Waals surface area contributed by atoms with Gasteiger partial charge in [0.15, 0.2) is 5.15 Å². The van der Waals surface area contributed by atoms with Gasteiger partial charge in [0.2, 0.25) is 0 Å². The van der Waals surface area contributed by atoms with Crippen LogP contribution in [0.2, 0.25) is 5.15 Å². The summed E-state index contributed by atoms with van der Waals surface area (Å²) in [6.07, 6.45) is 1.08. The lowest BCUT2D eigenvalue weighted by Gasteiger charge is -2.20. The molecule has 98 valence electrons. The fourth-order valence-corrected chi connectivity index (χ4v) is 2.47. The average molecular weight is 275 g/mol. The van der Waals surface area contributed by atoms with Crippen LogP contribution in [0.3, 0.4) is 0 Å². The molecule has 0 saturated carbocycles. The second-order valence-corrected chi connectivity index (χ2v) is 4.96. The van der Waals surface area contributed by atoms with E-state index >= 15 is 0 Å². The van der Waals surface area contributed by atoms with Crippen molar-refractivity contribution in [3.05, 3.63) is 52.2 Å². The van der Waals surface area contributed by atoms with Gasteiger partial charge >= 0.3 is 0 Å². The molecule has 19 heavy (non-hydrogen) atoms. The summed E-state index contributed by atoms with van der Waals surface area (Å²) in [5.41, 5.74) is 4.18. The Kier molecular flexibility index (Phi) is 3.62. The largest absolute Gasteiger partial charge is 0.364 e. The van der Waals surface area contributed by atoms with E-state index in [1.165, 1.54) is 16.7 Å². The number of nitrogens with zero attached hydrogens (tertiary/aromatic N) is 2. The minimum atomic E-state index is 0.411. The van der Waals surface area contributed by atoms with Crippen molar-refractivity contribution in [3.8, 4) is 0 Å². The summed E-state index contributed by atoms with van der Waals surface area (Å²) in [7, 11) is 0. The van der Waals surface area contributed by atoms with Crippen LogP contribution in [0.15, 0.2) is 30.3 Å². The number of hydrogen-bond acceptors (Lipinski definition) is 4. The monoisotopic (exact) mass is 274 g/mol. The first-order valence-electron chi connectivity index (χ1n) is 6.36. The van der Waals surface area contributed by atoms with Crippen LogP contribution in [-0.2, 0) is 19.5 Å². The van der Waals surface area contributed by atoms with Crippen LogP contribution in [-0.4, -0.2) is 16.7 Å². The Balaban J connectivity index is 1.75. The van der Waals surface area contributed by atoms with Crippen molar-refractivity contribution in [1.82, 2.24) is 15.5 Å². The molecule has 2 aromatic rings. The van der Waals surface area contributed by atoms with E-state index < -0.39 is 0 Å². The Bertz CT molecular complexity index is 568. The van der Waals surface area contributed by atoms with Gasteiger partial charge in [0.05, 0.1) is 0 Å². The van der Waals surface area contributed by atoms with Gasteiger partial charge in [-0.15, -0.1) is 10.2 Å². The zero-order valence-corrected chi connectivity index (χ0v) is 11.2. The molecule has 0 aliphatic carbocycles. The van der Waals surface area contributed by atoms with Crippen LogP contribution in [0.5, 0.6) is 0 Å². The number of fused-ring (bicyclic) bond motifs is 1. The molecule has 0 saturated heterocycles. The Morgan fingerprint density at radius 2 is 2.16 bits per heavy atom. The quantitative estimate of drug-likeness (QED) is 0.902. The van der Waals surface area contributed by atoms with Crippen LogP contribution >= 0.6 is 11.6 Å². The topological polar surface area (TPSA) is 49.8 Å². The summed E-state index contributed by atoms with van der Waals surface area (Å²) in [5, 5.41) is 14.9. The normalized spacial score (nSPS) is 13.9. The fourth-order valence-electron chi connectivity index (χ4n) is 2.37. The molecule has 5 heteroatoms. The van der Waals surface area contributed by atoms with Gasteiger partial charge in [-0.3, -0.25) is 0 Å². The summed E-state index contributed by atoms with van der Waals surface area (Å²) in [6, 6.07) is 10.0. The maximum atomic E-state index is 5.72. The second-order valence-electron chi connectivity index (χ2n) is 4.58. The minimum absolute atomic E-state index is 0.411. The van der Waals surface area contributed by atoms with Gasteiger partial charge in [-0.05, 0) is 41.8 Å². The first kappa shape index (κ1) is 12.4. The van der Waals surface area contributed by atoms with Gasteiger partial charge in [-0.2, -0.15) is 0 Å². The maximum absolute atomic E-state index is 5.72. The van der Waals surface area contributed by atoms with Crippen molar-refractivity contribution in [1.29, 1.82) is 0 Å². The number of nitrogens with one attached hydrogen (secondary N) is 2. The molecular formula is C14H15ClN4. The second kappa shape index (κ2) is 5.55. The third-order valence-electron chi connectivity index (χ3n) is 3.33. The molecule has 0 bridgehead atoms. The number of hydrogen-bond donors (Lipinski definition) is 2. The molecule has 0 atom stereocenters.